The molecule has 2 rings (SSSR count). The monoisotopic (exact) mass is 288 g/mol. The van der Waals surface area contributed by atoms with Crippen molar-refractivity contribution >= 4 is 28.9 Å². The Morgan fingerprint density at radius 1 is 1.15 bits per heavy atom. The Balaban J connectivity index is 2.23. The van der Waals surface area contributed by atoms with Crippen LogP contribution in [0.3, 0.4) is 0 Å². The van der Waals surface area contributed by atoms with Gasteiger partial charge in [-0.2, -0.15) is 0 Å². The molecule has 2 N–H and O–H groups in total. The van der Waals surface area contributed by atoms with Gasteiger partial charge in [-0.15, -0.1) is 0 Å². The molecule has 0 spiro atoms. The summed E-state index contributed by atoms with van der Waals surface area (Å²) in [5.41, 5.74) is 3.24. The summed E-state index contributed by atoms with van der Waals surface area (Å²) < 4.78 is 0. The number of aryl methyl sites for hydroxylation is 1. The van der Waals surface area contributed by atoms with Gasteiger partial charge in [0.15, 0.2) is 0 Å². The van der Waals surface area contributed by atoms with Crippen LogP contribution in [0.4, 0.5) is 11.4 Å². The molecule has 3 nitrogen and oxygen atoms in total. The Bertz CT molecular complexity index is 608. The van der Waals surface area contributed by atoms with Gasteiger partial charge < -0.3 is 10.6 Å². The molecule has 0 bridgehead atoms. The molecule has 4 heteroatoms. The van der Waals surface area contributed by atoms with E-state index in [1.54, 1.807) is 12.1 Å². The molecular formula is C16H17ClN2O. The average Bonchev–Trinajstić information content (AvgIpc) is 2.43. The predicted octanol–water partition coefficient (Wildman–Crippen LogP) is 4.33. The summed E-state index contributed by atoms with van der Waals surface area (Å²) in [6, 6.07) is 12.9. The second-order valence-electron chi connectivity index (χ2n) is 4.54. The Morgan fingerprint density at radius 3 is 2.50 bits per heavy atom. The lowest BCUT2D eigenvalue weighted by molar-refractivity contribution is 0.102. The lowest BCUT2D eigenvalue weighted by Gasteiger charge is -2.11. The molecule has 2 aromatic carbocycles. The van der Waals surface area contributed by atoms with Crippen molar-refractivity contribution in [3.8, 4) is 0 Å². The van der Waals surface area contributed by atoms with E-state index in [0.717, 1.165) is 23.5 Å². The van der Waals surface area contributed by atoms with Crippen molar-refractivity contribution in [2.45, 2.75) is 13.8 Å². The number of rotatable bonds is 4. The SMILES string of the molecule is CCNc1ccc(Cl)cc1C(=O)Nc1ccc(C)cc1. The normalized spacial score (nSPS) is 10.2. The van der Waals surface area contributed by atoms with Crippen LogP contribution in [0.25, 0.3) is 0 Å². The maximum absolute atomic E-state index is 12.3. The van der Waals surface area contributed by atoms with E-state index in [1.165, 1.54) is 0 Å². The first-order valence-electron chi connectivity index (χ1n) is 6.51. The Kier molecular flexibility index (Phi) is 4.64. The van der Waals surface area contributed by atoms with Crippen LogP contribution < -0.4 is 10.6 Å². The molecule has 2 aromatic rings. The Labute approximate surface area is 124 Å². The van der Waals surface area contributed by atoms with Gasteiger partial charge in [0.25, 0.3) is 5.91 Å². The van der Waals surface area contributed by atoms with E-state index < -0.39 is 0 Å². The molecular weight excluding hydrogens is 272 g/mol. The second-order valence-corrected chi connectivity index (χ2v) is 4.98. The molecule has 0 saturated carbocycles. The van der Waals surface area contributed by atoms with Gasteiger partial charge in [0.2, 0.25) is 0 Å². The van der Waals surface area contributed by atoms with Crippen molar-refractivity contribution in [1.29, 1.82) is 0 Å². The first-order chi connectivity index (χ1) is 9.60. The Hall–Kier alpha value is -2.00. The van der Waals surface area contributed by atoms with E-state index in [9.17, 15) is 4.79 Å². The number of amides is 1. The summed E-state index contributed by atoms with van der Waals surface area (Å²) in [5, 5.41) is 6.58. The van der Waals surface area contributed by atoms with Crippen LogP contribution in [-0.4, -0.2) is 12.5 Å². The highest BCUT2D eigenvalue weighted by atomic mass is 35.5. The van der Waals surface area contributed by atoms with E-state index in [2.05, 4.69) is 10.6 Å². The number of nitrogens with one attached hydrogen (secondary N) is 2. The topological polar surface area (TPSA) is 41.1 Å². The molecule has 0 aliphatic rings. The fraction of sp³-hybridized carbons (Fsp3) is 0.188. The average molecular weight is 289 g/mol. The lowest BCUT2D eigenvalue weighted by atomic mass is 10.1. The minimum Gasteiger partial charge on any atom is -0.385 e. The van der Waals surface area contributed by atoms with Crippen molar-refractivity contribution in [3.63, 3.8) is 0 Å². The summed E-state index contributed by atoms with van der Waals surface area (Å²) in [5.74, 6) is -0.174. The summed E-state index contributed by atoms with van der Waals surface area (Å²) in [7, 11) is 0. The maximum Gasteiger partial charge on any atom is 0.257 e. The fourth-order valence-corrected chi connectivity index (χ4v) is 2.06. The van der Waals surface area contributed by atoms with Crippen molar-refractivity contribution in [3.05, 3.63) is 58.6 Å². The smallest absolute Gasteiger partial charge is 0.257 e. The number of hydrogen-bond donors (Lipinski definition) is 2. The summed E-state index contributed by atoms with van der Waals surface area (Å²) in [4.78, 5) is 12.3. The molecule has 1 amide bonds. The van der Waals surface area contributed by atoms with Gasteiger partial charge in [0.1, 0.15) is 0 Å². The molecule has 0 saturated heterocycles. The third-order valence-corrected chi connectivity index (χ3v) is 3.14. The number of halogens is 1. The minimum absolute atomic E-state index is 0.174. The van der Waals surface area contributed by atoms with E-state index in [1.807, 2.05) is 44.2 Å². The first kappa shape index (κ1) is 14.4. The zero-order valence-electron chi connectivity index (χ0n) is 11.5. The molecule has 0 unspecified atom stereocenters. The molecule has 0 atom stereocenters. The van der Waals surface area contributed by atoms with Crippen molar-refractivity contribution < 1.29 is 4.79 Å². The molecule has 0 radical (unpaired) electrons. The summed E-state index contributed by atoms with van der Waals surface area (Å²) >= 11 is 5.98. The van der Waals surface area contributed by atoms with Crippen LogP contribution in [0.2, 0.25) is 5.02 Å². The molecule has 0 heterocycles. The van der Waals surface area contributed by atoms with Gasteiger partial charge in [-0.25, -0.2) is 0 Å². The third-order valence-electron chi connectivity index (χ3n) is 2.90. The number of anilines is 2. The van der Waals surface area contributed by atoms with Gasteiger partial charge in [-0.3, -0.25) is 4.79 Å². The van der Waals surface area contributed by atoms with Gasteiger partial charge in [0, 0.05) is 22.9 Å². The first-order valence-corrected chi connectivity index (χ1v) is 6.89. The number of benzene rings is 2. The molecule has 20 heavy (non-hydrogen) atoms. The van der Waals surface area contributed by atoms with Crippen LogP contribution in [0.5, 0.6) is 0 Å². The molecule has 0 aromatic heterocycles. The minimum atomic E-state index is -0.174. The lowest BCUT2D eigenvalue weighted by Crippen LogP contribution is -2.14. The van der Waals surface area contributed by atoms with E-state index in [-0.39, 0.29) is 5.91 Å². The third kappa shape index (κ3) is 3.52. The van der Waals surface area contributed by atoms with E-state index in [4.69, 9.17) is 11.6 Å². The highest BCUT2D eigenvalue weighted by Gasteiger charge is 2.12. The highest BCUT2D eigenvalue weighted by Crippen LogP contribution is 2.22. The van der Waals surface area contributed by atoms with Crippen LogP contribution in [0.15, 0.2) is 42.5 Å². The molecule has 104 valence electrons. The zero-order chi connectivity index (χ0) is 14.5. The van der Waals surface area contributed by atoms with Gasteiger partial charge in [0.05, 0.1) is 5.56 Å². The highest BCUT2D eigenvalue weighted by molar-refractivity contribution is 6.31. The molecule has 0 fully saturated rings. The summed E-state index contributed by atoms with van der Waals surface area (Å²) in [6.45, 7) is 4.73. The van der Waals surface area contributed by atoms with Crippen molar-refractivity contribution in [2.24, 2.45) is 0 Å². The number of hydrogen-bond acceptors (Lipinski definition) is 2. The van der Waals surface area contributed by atoms with Crippen LogP contribution in [-0.2, 0) is 0 Å². The number of carbonyl (C=O) groups excluding carboxylic acids is 1. The van der Waals surface area contributed by atoms with Crippen molar-refractivity contribution in [1.82, 2.24) is 0 Å². The van der Waals surface area contributed by atoms with E-state index in [0.29, 0.717) is 10.6 Å². The summed E-state index contributed by atoms with van der Waals surface area (Å²) in [6.07, 6.45) is 0. The van der Waals surface area contributed by atoms with Gasteiger partial charge >= 0.3 is 0 Å². The molecule has 0 aliphatic carbocycles. The van der Waals surface area contributed by atoms with Crippen LogP contribution in [0.1, 0.15) is 22.8 Å². The van der Waals surface area contributed by atoms with Gasteiger partial charge in [-0.05, 0) is 44.2 Å². The maximum atomic E-state index is 12.3. The van der Waals surface area contributed by atoms with Crippen LogP contribution in [0, 0.1) is 6.92 Å². The van der Waals surface area contributed by atoms with E-state index >= 15 is 0 Å². The fourth-order valence-electron chi connectivity index (χ4n) is 1.88. The standard InChI is InChI=1S/C16H17ClN2O/c1-3-18-15-9-6-12(17)10-14(15)16(20)19-13-7-4-11(2)5-8-13/h4-10,18H,3H2,1-2H3,(H,19,20). The van der Waals surface area contributed by atoms with Gasteiger partial charge in [-0.1, -0.05) is 29.3 Å². The second kappa shape index (κ2) is 6.44. The Morgan fingerprint density at radius 2 is 1.85 bits per heavy atom. The molecule has 0 aliphatic heterocycles. The predicted molar refractivity (Wildman–Crippen MR) is 84.7 cm³/mol. The quantitative estimate of drug-likeness (QED) is 0.879. The largest absolute Gasteiger partial charge is 0.385 e. The zero-order valence-corrected chi connectivity index (χ0v) is 12.3. The number of carbonyl (C=O) groups is 1. The van der Waals surface area contributed by atoms with Crippen LogP contribution >= 0.6 is 11.6 Å². The van der Waals surface area contributed by atoms with Crippen molar-refractivity contribution in [2.75, 3.05) is 17.2 Å².